The van der Waals surface area contributed by atoms with Crippen molar-refractivity contribution < 1.29 is 9.21 Å². The van der Waals surface area contributed by atoms with Crippen molar-refractivity contribution in [2.24, 2.45) is 0 Å². The number of carbonyl (C=O) groups is 1. The van der Waals surface area contributed by atoms with Crippen LogP contribution in [0.25, 0.3) is 11.0 Å². The zero-order valence-electron chi connectivity index (χ0n) is 12.7. The van der Waals surface area contributed by atoms with Gasteiger partial charge in [0.05, 0.1) is 5.39 Å². The van der Waals surface area contributed by atoms with E-state index in [1.165, 1.54) is 29.2 Å². The van der Waals surface area contributed by atoms with Gasteiger partial charge in [0, 0.05) is 6.07 Å². The first-order chi connectivity index (χ1) is 11.0. The topological polar surface area (TPSA) is 85.1 Å². The summed E-state index contributed by atoms with van der Waals surface area (Å²) < 4.78 is 6.33. The summed E-state index contributed by atoms with van der Waals surface area (Å²) in [5.74, 6) is -0.572. The van der Waals surface area contributed by atoms with E-state index in [4.69, 9.17) is 4.42 Å². The van der Waals surface area contributed by atoms with Gasteiger partial charge in [-0.1, -0.05) is 23.1 Å². The predicted molar refractivity (Wildman–Crippen MR) is 91.6 cm³/mol. The quantitative estimate of drug-likeness (QED) is 0.578. The highest BCUT2D eigenvalue weighted by Gasteiger charge is 2.15. The van der Waals surface area contributed by atoms with Crippen molar-refractivity contribution in [2.75, 3.05) is 11.6 Å². The molecule has 0 saturated heterocycles. The fourth-order valence-corrected chi connectivity index (χ4v) is 3.19. The molecule has 1 aromatic carbocycles. The standard InChI is InChI=1S/C15H13N3O3S2/c1-7-4-9-10(19)6-12(21-11(9)5-8(7)2)13(20)16-14-17-18-15(22-3)23-14/h4-6H,1-3H3,(H,16,17,20). The Balaban J connectivity index is 1.97. The molecule has 2 heterocycles. The van der Waals surface area contributed by atoms with Gasteiger partial charge < -0.3 is 4.42 Å². The lowest BCUT2D eigenvalue weighted by Crippen LogP contribution is -2.15. The van der Waals surface area contributed by atoms with E-state index in [9.17, 15) is 9.59 Å². The number of hydrogen-bond acceptors (Lipinski definition) is 7. The highest BCUT2D eigenvalue weighted by atomic mass is 32.2. The molecule has 0 atom stereocenters. The van der Waals surface area contributed by atoms with Gasteiger partial charge in [-0.25, -0.2) is 0 Å². The first-order valence-electron chi connectivity index (χ1n) is 6.72. The van der Waals surface area contributed by atoms with Crippen molar-refractivity contribution >= 4 is 45.1 Å². The maximum absolute atomic E-state index is 12.2. The lowest BCUT2D eigenvalue weighted by molar-refractivity contribution is 0.0997. The van der Waals surface area contributed by atoms with Gasteiger partial charge in [0.2, 0.25) is 5.13 Å². The third-order valence-corrected chi connectivity index (χ3v) is 5.18. The van der Waals surface area contributed by atoms with Gasteiger partial charge in [-0.2, -0.15) is 0 Å². The number of amides is 1. The van der Waals surface area contributed by atoms with Gasteiger partial charge in [0.15, 0.2) is 15.5 Å². The monoisotopic (exact) mass is 347 g/mol. The summed E-state index contributed by atoms with van der Waals surface area (Å²) in [5, 5.41) is 11.2. The third-order valence-electron chi connectivity index (χ3n) is 3.37. The van der Waals surface area contributed by atoms with Crippen LogP contribution in [0, 0.1) is 13.8 Å². The molecule has 0 aliphatic heterocycles. The maximum Gasteiger partial charge on any atom is 0.293 e. The molecule has 2 aromatic heterocycles. The van der Waals surface area contributed by atoms with Crippen molar-refractivity contribution in [2.45, 2.75) is 18.2 Å². The predicted octanol–water partition coefficient (Wildman–Crippen LogP) is 3.24. The first kappa shape index (κ1) is 15.7. The normalized spacial score (nSPS) is 10.9. The van der Waals surface area contributed by atoms with Crippen molar-refractivity contribution in [3.05, 3.63) is 45.3 Å². The number of benzene rings is 1. The van der Waals surface area contributed by atoms with Crippen molar-refractivity contribution in [3.63, 3.8) is 0 Å². The van der Waals surface area contributed by atoms with E-state index in [0.29, 0.717) is 16.1 Å². The lowest BCUT2D eigenvalue weighted by Gasteiger charge is -2.05. The van der Waals surface area contributed by atoms with Crippen LogP contribution in [-0.2, 0) is 0 Å². The Hall–Kier alpha value is -2.19. The number of hydrogen-bond donors (Lipinski definition) is 1. The Morgan fingerprint density at radius 3 is 2.65 bits per heavy atom. The van der Waals surface area contributed by atoms with E-state index in [-0.39, 0.29) is 11.2 Å². The van der Waals surface area contributed by atoms with Gasteiger partial charge in [0.1, 0.15) is 5.58 Å². The molecule has 0 aliphatic rings. The highest BCUT2D eigenvalue weighted by molar-refractivity contribution is 8.00. The SMILES string of the molecule is CSc1nnc(NC(=O)c2cc(=O)c3cc(C)c(C)cc3o2)s1. The van der Waals surface area contributed by atoms with Gasteiger partial charge in [-0.3, -0.25) is 14.9 Å². The van der Waals surface area contributed by atoms with Gasteiger partial charge in [0.25, 0.3) is 5.91 Å². The Kier molecular flexibility index (Phi) is 4.18. The van der Waals surface area contributed by atoms with Crippen LogP contribution in [0.5, 0.6) is 0 Å². The lowest BCUT2D eigenvalue weighted by atomic mass is 10.1. The number of nitrogens with zero attached hydrogens (tertiary/aromatic N) is 2. The number of thioether (sulfide) groups is 1. The molecule has 8 heteroatoms. The van der Waals surface area contributed by atoms with Gasteiger partial charge in [-0.15, -0.1) is 10.2 Å². The van der Waals surface area contributed by atoms with Crippen LogP contribution in [0.2, 0.25) is 0 Å². The van der Waals surface area contributed by atoms with Crippen LogP contribution < -0.4 is 10.7 Å². The molecule has 0 radical (unpaired) electrons. The molecule has 3 rings (SSSR count). The fraction of sp³-hybridized carbons (Fsp3) is 0.200. The summed E-state index contributed by atoms with van der Waals surface area (Å²) in [6.45, 7) is 3.85. The molecule has 6 nitrogen and oxygen atoms in total. The minimum atomic E-state index is -0.522. The highest BCUT2D eigenvalue weighted by Crippen LogP contribution is 2.24. The maximum atomic E-state index is 12.2. The summed E-state index contributed by atoms with van der Waals surface area (Å²) in [5.41, 5.74) is 2.14. The Morgan fingerprint density at radius 2 is 1.96 bits per heavy atom. The first-order valence-corrected chi connectivity index (χ1v) is 8.76. The van der Waals surface area contributed by atoms with Crippen molar-refractivity contribution in [1.82, 2.24) is 10.2 Å². The molecule has 3 aromatic rings. The molecule has 0 saturated carbocycles. The minimum Gasteiger partial charge on any atom is -0.451 e. The number of rotatable bonds is 3. The van der Waals surface area contributed by atoms with Crippen LogP contribution in [0.3, 0.4) is 0 Å². The molecule has 0 aliphatic carbocycles. The van der Waals surface area contributed by atoms with Crippen LogP contribution in [0.4, 0.5) is 5.13 Å². The number of aryl methyl sites for hydroxylation is 2. The summed E-state index contributed by atoms with van der Waals surface area (Å²) in [6, 6.07) is 4.73. The largest absolute Gasteiger partial charge is 0.451 e. The molecule has 0 fully saturated rings. The second-order valence-corrected chi connectivity index (χ2v) is 6.97. The van der Waals surface area contributed by atoms with Crippen LogP contribution in [-0.4, -0.2) is 22.4 Å². The number of carbonyl (C=O) groups excluding carboxylic acids is 1. The number of anilines is 1. The zero-order chi connectivity index (χ0) is 16.6. The average Bonchev–Trinajstić information content (AvgIpc) is 2.96. The van der Waals surface area contributed by atoms with E-state index < -0.39 is 5.91 Å². The van der Waals surface area contributed by atoms with E-state index in [1.807, 2.05) is 20.1 Å². The Bertz CT molecular complexity index is 962. The molecule has 23 heavy (non-hydrogen) atoms. The molecule has 0 unspecified atom stereocenters. The average molecular weight is 347 g/mol. The molecule has 1 N–H and O–H groups in total. The second kappa shape index (κ2) is 6.13. The number of aromatic nitrogens is 2. The van der Waals surface area contributed by atoms with E-state index in [2.05, 4.69) is 15.5 Å². The molecular formula is C15H13N3O3S2. The van der Waals surface area contributed by atoms with Crippen LogP contribution in [0.1, 0.15) is 21.7 Å². The van der Waals surface area contributed by atoms with Gasteiger partial charge in [-0.05, 0) is 43.4 Å². The summed E-state index contributed by atoms with van der Waals surface area (Å²) in [6.07, 6.45) is 1.87. The third kappa shape index (κ3) is 3.13. The molecule has 0 bridgehead atoms. The molecule has 1 amide bonds. The van der Waals surface area contributed by atoms with Crippen LogP contribution >= 0.6 is 23.1 Å². The second-order valence-electron chi connectivity index (χ2n) is 4.94. The van der Waals surface area contributed by atoms with Crippen LogP contribution in [0.15, 0.2) is 31.8 Å². The Labute approximate surface area is 139 Å². The fourth-order valence-electron chi connectivity index (χ4n) is 2.02. The molecule has 118 valence electrons. The summed E-state index contributed by atoms with van der Waals surface area (Å²) in [7, 11) is 0. The summed E-state index contributed by atoms with van der Waals surface area (Å²) in [4.78, 5) is 24.4. The van der Waals surface area contributed by atoms with E-state index in [0.717, 1.165) is 15.5 Å². The van der Waals surface area contributed by atoms with Crippen molar-refractivity contribution in [3.8, 4) is 0 Å². The van der Waals surface area contributed by atoms with Gasteiger partial charge >= 0.3 is 0 Å². The minimum absolute atomic E-state index is 0.0494. The molecular weight excluding hydrogens is 334 g/mol. The number of fused-ring (bicyclic) bond motifs is 1. The molecule has 0 spiro atoms. The number of nitrogens with one attached hydrogen (secondary N) is 1. The van der Waals surface area contributed by atoms with E-state index >= 15 is 0 Å². The van der Waals surface area contributed by atoms with Crippen molar-refractivity contribution in [1.29, 1.82) is 0 Å². The van der Waals surface area contributed by atoms with E-state index in [1.54, 1.807) is 12.1 Å². The summed E-state index contributed by atoms with van der Waals surface area (Å²) >= 11 is 2.70. The smallest absolute Gasteiger partial charge is 0.293 e. The zero-order valence-corrected chi connectivity index (χ0v) is 14.3. The Morgan fingerprint density at radius 1 is 1.22 bits per heavy atom.